The molecule has 2 atom stereocenters. The summed E-state index contributed by atoms with van der Waals surface area (Å²) in [5.74, 6) is -2.30. The van der Waals surface area contributed by atoms with Crippen molar-refractivity contribution >= 4 is 34.8 Å². The number of ketones is 1. The summed E-state index contributed by atoms with van der Waals surface area (Å²) in [6, 6.07) is 18.2. The van der Waals surface area contributed by atoms with Crippen LogP contribution in [0.4, 0.5) is 21.9 Å². The molecule has 1 aliphatic carbocycles. The lowest BCUT2D eigenvalue weighted by Gasteiger charge is -2.46. The molecule has 1 saturated carbocycles. The van der Waals surface area contributed by atoms with E-state index in [1.165, 1.54) is 48.5 Å². The number of nitro groups is 2. The second kappa shape index (κ2) is 9.75. The zero-order valence-corrected chi connectivity index (χ0v) is 20.8. The second-order valence-corrected chi connectivity index (χ2v) is 9.48. The topological polar surface area (TPSA) is 150 Å². The van der Waals surface area contributed by atoms with Gasteiger partial charge in [0.2, 0.25) is 5.91 Å². The molecule has 198 valence electrons. The third-order valence-electron chi connectivity index (χ3n) is 7.57. The molecule has 1 heterocycles. The van der Waals surface area contributed by atoms with Gasteiger partial charge in [-0.1, -0.05) is 42.5 Å². The highest BCUT2D eigenvalue weighted by Gasteiger charge is 2.64. The molecule has 2 aliphatic rings. The van der Waals surface area contributed by atoms with Crippen molar-refractivity contribution in [2.24, 2.45) is 0 Å². The van der Waals surface area contributed by atoms with E-state index in [1.807, 2.05) is 0 Å². The van der Waals surface area contributed by atoms with Gasteiger partial charge in [-0.05, 0) is 29.7 Å². The maximum atomic E-state index is 14.6. The van der Waals surface area contributed by atoms with Crippen LogP contribution in [0.5, 0.6) is 0 Å². The lowest BCUT2D eigenvalue weighted by atomic mass is 9.54. The molecular formula is C28H23N3O8. The highest BCUT2D eigenvalue weighted by molar-refractivity contribution is 6.22. The largest absolute Gasteiger partial charge is 0.449 e. The van der Waals surface area contributed by atoms with Gasteiger partial charge in [-0.25, -0.2) is 9.69 Å². The van der Waals surface area contributed by atoms with Gasteiger partial charge in [-0.2, -0.15) is 0 Å². The van der Waals surface area contributed by atoms with Gasteiger partial charge in [0.05, 0.1) is 27.6 Å². The summed E-state index contributed by atoms with van der Waals surface area (Å²) in [4.78, 5) is 63.4. The molecule has 3 aromatic carbocycles. The van der Waals surface area contributed by atoms with Crippen molar-refractivity contribution in [2.75, 3.05) is 11.5 Å². The van der Waals surface area contributed by atoms with Crippen molar-refractivity contribution in [3.8, 4) is 0 Å². The van der Waals surface area contributed by atoms with Crippen LogP contribution in [0.2, 0.25) is 0 Å². The maximum absolute atomic E-state index is 14.6. The number of hydrogen-bond acceptors (Lipinski definition) is 8. The molecule has 0 N–H and O–H groups in total. The number of hydrogen-bond donors (Lipinski definition) is 0. The maximum Gasteiger partial charge on any atom is 0.421 e. The summed E-state index contributed by atoms with van der Waals surface area (Å²) in [5, 5.41) is 22.6. The molecule has 0 aromatic heterocycles. The normalized spacial score (nSPS) is 19.6. The summed E-state index contributed by atoms with van der Waals surface area (Å²) >= 11 is 0. The lowest BCUT2D eigenvalue weighted by molar-refractivity contribution is -0.385. The van der Waals surface area contributed by atoms with E-state index in [9.17, 15) is 34.6 Å². The number of carbonyl (C=O) groups excluding carboxylic acids is 3. The van der Waals surface area contributed by atoms with Crippen molar-refractivity contribution in [2.45, 2.75) is 37.0 Å². The first-order chi connectivity index (χ1) is 18.7. The number of nitro benzene ring substituents is 2. The number of ether oxygens (including phenoxy) is 1. The molecule has 1 spiro atoms. The van der Waals surface area contributed by atoms with Gasteiger partial charge in [0.1, 0.15) is 5.78 Å². The van der Waals surface area contributed by atoms with E-state index in [1.54, 1.807) is 31.2 Å². The summed E-state index contributed by atoms with van der Waals surface area (Å²) in [5.41, 5.74) is 0.130. The van der Waals surface area contributed by atoms with Crippen LogP contribution in [0.3, 0.4) is 0 Å². The smallest absolute Gasteiger partial charge is 0.421 e. The summed E-state index contributed by atoms with van der Waals surface area (Å²) in [6.45, 7) is 1.66. The number of rotatable bonds is 5. The third-order valence-corrected chi connectivity index (χ3v) is 7.57. The Hall–Kier alpha value is -4.93. The molecule has 11 nitrogen and oxygen atoms in total. The number of carbonyl (C=O) groups is 3. The first-order valence-electron chi connectivity index (χ1n) is 12.3. The van der Waals surface area contributed by atoms with Gasteiger partial charge in [0.15, 0.2) is 0 Å². The fraction of sp³-hybridized carbons (Fsp3) is 0.250. The second-order valence-electron chi connectivity index (χ2n) is 9.48. The van der Waals surface area contributed by atoms with Crippen molar-refractivity contribution in [3.05, 3.63) is 110 Å². The number of Topliss-reactive ketones (excluding diaryl/α,β-unsaturated/α-hetero) is 1. The highest BCUT2D eigenvalue weighted by atomic mass is 16.6. The van der Waals surface area contributed by atoms with Crippen LogP contribution < -0.4 is 4.90 Å². The number of amides is 2. The summed E-state index contributed by atoms with van der Waals surface area (Å²) < 4.78 is 5.22. The predicted molar refractivity (Wildman–Crippen MR) is 139 cm³/mol. The monoisotopic (exact) mass is 529 g/mol. The van der Waals surface area contributed by atoms with Crippen LogP contribution in [-0.4, -0.2) is 34.2 Å². The van der Waals surface area contributed by atoms with Crippen molar-refractivity contribution in [3.63, 3.8) is 0 Å². The van der Waals surface area contributed by atoms with Crippen molar-refractivity contribution in [1.29, 1.82) is 0 Å². The molecular weight excluding hydrogens is 506 g/mol. The number of benzene rings is 3. The third kappa shape index (κ3) is 4.02. The van der Waals surface area contributed by atoms with Crippen LogP contribution in [0.1, 0.15) is 48.3 Å². The Morgan fingerprint density at radius 3 is 1.82 bits per heavy atom. The fourth-order valence-corrected chi connectivity index (χ4v) is 5.99. The molecule has 0 bridgehead atoms. The van der Waals surface area contributed by atoms with Crippen LogP contribution in [-0.2, 0) is 19.7 Å². The first-order valence-corrected chi connectivity index (χ1v) is 12.3. The fourth-order valence-electron chi connectivity index (χ4n) is 5.99. The van der Waals surface area contributed by atoms with E-state index in [4.69, 9.17) is 4.74 Å². The molecule has 11 heteroatoms. The van der Waals surface area contributed by atoms with Gasteiger partial charge in [-0.15, -0.1) is 0 Å². The van der Waals surface area contributed by atoms with E-state index in [2.05, 4.69) is 0 Å². The Bertz CT molecular complexity index is 1430. The van der Waals surface area contributed by atoms with Gasteiger partial charge < -0.3 is 4.74 Å². The van der Waals surface area contributed by atoms with E-state index < -0.39 is 39.1 Å². The van der Waals surface area contributed by atoms with Crippen LogP contribution in [0.15, 0.2) is 72.8 Å². The van der Waals surface area contributed by atoms with E-state index >= 15 is 0 Å². The van der Waals surface area contributed by atoms with Gasteiger partial charge >= 0.3 is 6.09 Å². The SMILES string of the molecule is CCOC(=O)N1C(=O)C2(c3ccccc31)[C@H](c1ccc([N+](=O)[O-])cc1)CC(=O)C[C@H]2c1ccc([N+](=O)[O-])cc1. The number of anilines is 1. The number of imide groups is 1. The molecule has 0 unspecified atom stereocenters. The zero-order chi connectivity index (χ0) is 27.9. The Labute approximate surface area is 222 Å². The minimum atomic E-state index is -1.47. The minimum absolute atomic E-state index is 0.0355. The number of non-ortho nitro benzene ring substituents is 2. The van der Waals surface area contributed by atoms with Crippen LogP contribution in [0, 0.1) is 20.2 Å². The highest BCUT2D eigenvalue weighted by Crippen LogP contribution is 2.61. The average molecular weight is 530 g/mol. The molecule has 2 amide bonds. The predicted octanol–water partition coefficient (Wildman–Crippen LogP) is 5.17. The van der Waals surface area contributed by atoms with Gasteiger partial charge in [0.25, 0.3) is 11.4 Å². The van der Waals surface area contributed by atoms with Gasteiger partial charge in [0, 0.05) is 48.9 Å². The van der Waals surface area contributed by atoms with Crippen LogP contribution >= 0.6 is 0 Å². The number of nitrogens with zero attached hydrogens (tertiary/aromatic N) is 3. The quantitative estimate of drug-likeness (QED) is 0.324. The molecule has 0 saturated heterocycles. The van der Waals surface area contributed by atoms with Crippen LogP contribution in [0.25, 0.3) is 0 Å². The van der Waals surface area contributed by atoms with E-state index in [0.717, 1.165) is 4.90 Å². The van der Waals surface area contributed by atoms with Gasteiger partial charge in [-0.3, -0.25) is 29.8 Å². The van der Waals surface area contributed by atoms with Crippen molar-refractivity contribution < 1.29 is 29.0 Å². The Balaban J connectivity index is 1.78. The lowest BCUT2D eigenvalue weighted by Crippen LogP contribution is -2.53. The average Bonchev–Trinajstić information content (AvgIpc) is 3.18. The first kappa shape index (κ1) is 25.7. The Morgan fingerprint density at radius 1 is 0.872 bits per heavy atom. The number of fused-ring (bicyclic) bond motifs is 2. The standard InChI is InChI=1S/C28H23N3O8/c1-2-39-27(34)29-25-6-4-3-5-22(25)28(26(29)33)23(17-7-11-19(12-8-17)30(35)36)15-21(32)16-24(28)18-9-13-20(14-10-18)31(37)38/h3-14,23-24H,2,15-16H2,1H3/t23-,24-/m0/s1. The number of para-hydroxylation sites is 1. The van der Waals surface area contributed by atoms with E-state index in [-0.39, 0.29) is 36.6 Å². The molecule has 0 radical (unpaired) electrons. The minimum Gasteiger partial charge on any atom is -0.449 e. The summed E-state index contributed by atoms with van der Waals surface area (Å²) in [7, 11) is 0. The Kier molecular flexibility index (Phi) is 6.43. The molecule has 3 aromatic rings. The molecule has 5 rings (SSSR count). The Morgan fingerprint density at radius 2 is 1.36 bits per heavy atom. The molecule has 39 heavy (non-hydrogen) atoms. The van der Waals surface area contributed by atoms with Crippen molar-refractivity contribution in [1.82, 2.24) is 0 Å². The zero-order valence-electron chi connectivity index (χ0n) is 20.8. The summed E-state index contributed by atoms with van der Waals surface area (Å²) in [6.07, 6.45) is -0.940. The van der Waals surface area contributed by atoms with E-state index in [0.29, 0.717) is 22.4 Å². The molecule has 1 aliphatic heterocycles. The molecule has 1 fully saturated rings.